The van der Waals surface area contributed by atoms with Crippen LogP contribution in [0, 0.1) is 6.92 Å². The van der Waals surface area contributed by atoms with E-state index < -0.39 is 0 Å². The quantitative estimate of drug-likeness (QED) is 0.702. The van der Waals surface area contributed by atoms with Gasteiger partial charge in [0.25, 0.3) is 0 Å². The van der Waals surface area contributed by atoms with Crippen molar-refractivity contribution in [3.8, 4) is 0 Å². The summed E-state index contributed by atoms with van der Waals surface area (Å²) in [5.41, 5.74) is 7.27. The molecule has 2 aromatic rings. The molecule has 3 rings (SSSR count). The third-order valence-corrected chi connectivity index (χ3v) is 3.50. The maximum absolute atomic E-state index is 3.52. The molecule has 1 aromatic carbocycles. The van der Waals surface area contributed by atoms with Crippen LogP contribution in [0.15, 0.2) is 12.1 Å². The van der Waals surface area contributed by atoms with Crippen LogP contribution in [0.5, 0.6) is 0 Å². The molecule has 1 aromatic heterocycles. The van der Waals surface area contributed by atoms with Crippen LogP contribution in [0.2, 0.25) is 0 Å². The van der Waals surface area contributed by atoms with Crippen LogP contribution in [0.25, 0.3) is 10.9 Å². The van der Waals surface area contributed by atoms with Gasteiger partial charge in [-0.05, 0) is 55.0 Å². The lowest BCUT2D eigenvalue weighted by atomic mass is 9.87. The van der Waals surface area contributed by atoms with E-state index in [-0.39, 0.29) is 0 Å². The molecule has 0 fully saturated rings. The predicted molar refractivity (Wildman–Crippen MR) is 59.8 cm³/mol. The maximum Gasteiger partial charge on any atom is 0.0461 e. The summed E-state index contributed by atoms with van der Waals surface area (Å²) in [6.45, 7) is 4.43. The fraction of sp³-hybridized carbons (Fsp3) is 0.385. The number of benzene rings is 1. The van der Waals surface area contributed by atoms with Gasteiger partial charge in [-0.3, -0.25) is 0 Å². The van der Waals surface area contributed by atoms with Gasteiger partial charge in [-0.1, -0.05) is 6.92 Å². The lowest BCUT2D eigenvalue weighted by molar-refractivity contribution is 0.843. The number of hydrogen-bond acceptors (Lipinski definition) is 0. The van der Waals surface area contributed by atoms with Crippen molar-refractivity contribution in [2.24, 2.45) is 0 Å². The topological polar surface area (TPSA) is 15.8 Å². The molecule has 1 aliphatic carbocycles. The molecule has 0 atom stereocenters. The number of aryl methyl sites for hydroxylation is 4. The molecule has 0 unspecified atom stereocenters. The van der Waals surface area contributed by atoms with Gasteiger partial charge in [0.2, 0.25) is 0 Å². The highest BCUT2D eigenvalue weighted by Gasteiger charge is 2.16. The van der Waals surface area contributed by atoms with E-state index in [1.165, 1.54) is 35.0 Å². The highest BCUT2D eigenvalue weighted by atomic mass is 14.7. The number of hydrogen-bond donors (Lipinski definition) is 1. The normalized spacial score (nSPS) is 14.1. The summed E-state index contributed by atoms with van der Waals surface area (Å²) in [7, 11) is 0. The summed E-state index contributed by atoms with van der Waals surface area (Å²) in [6, 6.07) is 4.71. The van der Waals surface area contributed by atoms with E-state index in [1.807, 2.05) is 0 Å². The Balaban J connectivity index is 2.35. The van der Waals surface area contributed by atoms with Crippen molar-refractivity contribution in [1.82, 2.24) is 4.98 Å². The van der Waals surface area contributed by atoms with Crippen molar-refractivity contribution < 1.29 is 0 Å². The number of rotatable bonds is 1. The second kappa shape index (κ2) is 2.63. The molecule has 1 heterocycles. The number of H-pyrrole nitrogens is 1. The van der Waals surface area contributed by atoms with Gasteiger partial charge in [0.15, 0.2) is 0 Å². The zero-order chi connectivity index (χ0) is 9.71. The summed E-state index contributed by atoms with van der Waals surface area (Å²) < 4.78 is 0. The Kier molecular flexibility index (Phi) is 1.52. The molecule has 0 spiro atoms. The number of aromatic amines is 1. The Morgan fingerprint density at radius 2 is 1.93 bits per heavy atom. The molecule has 1 aliphatic rings. The summed E-state index contributed by atoms with van der Waals surface area (Å²) in [5, 5.41) is 1.43. The third-order valence-electron chi connectivity index (χ3n) is 3.50. The highest BCUT2D eigenvalue weighted by molar-refractivity contribution is 5.86. The van der Waals surface area contributed by atoms with E-state index in [1.54, 1.807) is 11.1 Å². The van der Waals surface area contributed by atoms with Crippen LogP contribution in [0.4, 0.5) is 0 Å². The molecule has 72 valence electrons. The first kappa shape index (κ1) is 8.10. The molecule has 0 saturated carbocycles. The van der Waals surface area contributed by atoms with Gasteiger partial charge in [-0.2, -0.15) is 0 Å². The number of fused-ring (bicyclic) bond motifs is 2. The molecule has 0 saturated heterocycles. The van der Waals surface area contributed by atoms with Gasteiger partial charge in [-0.15, -0.1) is 0 Å². The van der Waals surface area contributed by atoms with Gasteiger partial charge >= 0.3 is 0 Å². The van der Waals surface area contributed by atoms with E-state index in [2.05, 4.69) is 31.0 Å². The second-order valence-corrected chi connectivity index (χ2v) is 4.25. The summed E-state index contributed by atoms with van der Waals surface area (Å²) >= 11 is 0. The van der Waals surface area contributed by atoms with Crippen LogP contribution in [0.1, 0.15) is 29.3 Å². The first-order valence-electron chi connectivity index (χ1n) is 5.42. The average Bonchev–Trinajstić information content (AvgIpc) is 2.46. The van der Waals surface area contributed by atoms with Crippen molar-refractivity contribution >= 4 is 10.9 Å². The smallest absolute Gasteiger partial charge is 0.0461 e. The SMILES string of the molecule is CCc1[nH]c2cc3c(cc2c1C)CC3. The van der Waals surface area contributed by atoms with Crippen molar-refractivity contribution in [1.29, 1.82) is 0 Å². The molecule has 1 heteroatoms. The number of aromatic nitrogens is 1. The Hall–Kier alpha value is -1.24. The minimum absolute atomic E-state index is 1.10. The first-order chi connectivity index (χ1) is 6.79. The van der Waals surface area contributed by atoms with Crippen LogP contribution in [-0.2, 0) is 19.3 Å². The summed E-state index contributed by atoms with van der Waals surface area (Å²) in [6.07, 6.45) is 3.65. The lowest BCUT2D eigenvalue weighted by Gasteiger charge is -2.18. The van der Waals surface area contributed by atoms with E-state index in [4.69, 9.17) is 0 Å². The van der Waals surface area contributed by atoms with Crippen molar-refractivity contribution in [3.63, 3.8) is 0 Å². The van der Waals surface area contributed by atoms with E-state index >= 15 is 0 Å². The summed E-state index contributed by atoms with van der Waals surface area (Å²) in [5.74, 6) is 0. The van der Waals surface area contributed by atoms with Gasteiger partial charge in [0.1, 0.15) is 0 Å². The van der Waals surface area contributed by atoms with Crippen molar-refractivity contribution in [2.45, 2.75) is 33.1 Å². The van der Waals surface area contributed by atoms with Gasteiger partial charge in [0, 0.05) is 16.6 Å². The molecule has 14 heavy (non-hydrogen) atoms. The molecular weight excluding hydrogens is 170 g/mol. The standard InChI is InChI=1S/C13H15N/c1-3-12-8(2)11-6-9-4-5-10(9)7-13(11)14-12/h6-7,14H,3-5H2,1-2H3. The maximum atomic E-state index is 3.52. The summed E-state index contributed by atoms with van der Waals surface area (Å²) in [4.78, 5) is 3.52. The average molecular weight is 185 g/mol. The number of nitrogens with one attached hydrogen (secondary N) is 1. The molecule has 1 N–H and O–H groups in total. The van der Waals surface area contributed by atoms with Gasteiger partial charge < -0.3 is 4.98 Å². The monoisotopic (exact) mass is 185 g/mol. The minimum Gasteiger partial charge on any atom is -0.358 e. The largest absolute Gasteiger partial charge is 0.358 e. The molecule has 0 amide bonds. The van der Waals surface area contributed by atoms with Crippen molar-refractivity contribution in [2.75, 3.05) is 0 Å². The molecule has 1 nitrogen and oxygen atoms in total. The van der Waals surface area contributed by atoms with Crippen LogP contribution < -0.4 is 0 Å². The van der Waals surface area contributed by atoms with E-state index in [0.717, 1.165) is 6.42 Å². The molecule has 0 radical (unpaired) electrons. The molecular formula is C13H15N. The van der Waals surface area contributed by atoms with E-state index in [0.29, 0.717) is 0 Å². The fourth-order valence-electron chi connectivity index (χ4n) is 2.43. The Morgan fingerprint density at radius 1 is 1.21 bits per heavy atom. The molecule has 0 aliphatic heterocycles. The van der Waals surface area contributed by atoms with Crippen LogP contribution in [0.3, 0.4) is 0 Å². The van der Waals surface area contributed by atoms with Crippen LogP contribution >= 0.6 is 0 Å². The zero-order valence-electron chi connectivity index (χ0n) is 8.78. The van der Waals surface area contributed by atoms with Gasteiger partial charge in [0.05, 0.1) is 0 Å². The van der Waals surface area contributed by atoms with Crippen LogP contribution in [-0.4, -0.2) is 4.98 Å². The Morgan fingerprint density at radius 3 is 2.57 bits per heavy atom. The van der Waals surface area contributed by atoms with E-state index in [9.17, 15) is 0 Å². The Bertz CT molecular complexity index is 505. The second-order valence-electron chi connectivity index (χ2n) is 4.25. The third kappa shape index (κ3) is 0.899. The lowest BCUT2D eigenvalue weighted by Crippen LogP contribution is -2.07. The predicted octanol–water partition coefficient (Wildman–Crippen LogP) is 3.14. The highest BCUT2D eigenvalue weighted by Crippen LogP contribution is 2.31. The molecule has 0 bridgehead atoms. The first-order valence-corrected chi connectivity index (χ1v) is 5.42. The zero-order valence-corrected chi connectivity index (χ0v) is 8.78. The van der Waals surface area contributed by atoms with Crippen molar-refractivity contribution in [3.05, 3.63) is 34.5 Å². The Labute approximate surface area is 84.1 Å². The minimum atomic E-state index is 1.10. The fourth-order valence-corrected chi connectivity index (χ4v) is 2.43. The van der Waals surface area contributed by atoms with Gasteiger partial charge in [-0.25, -0.2) is 0 Å².